The molecular formula is C26H22N2O3S. The number of fused-ring (bicyclic) bond motifs is 1. The number of benzene rings is 3. The van der Waals surface area contributed by atoms with E-state index in [2.05, 4.69) is 17.4 Å². The van der Waals surface area contributed by atoms with Crippen LogP contribution in [0.3, 0.4) is 0 Å². The summed E-state index contributed by atoms with van der Waals surface area (Å²) >= 11 is 1.37. The zero-order valence-corrected chi connectivity index (χ0v) is 18.6. The minimum atomic E-state index is -0.139. The smallest absolute Gasteiger partial charge is 0.234 e. The molecule has 0 aliphatic carbocycles. The molecule has 32 heavy (non-hydrogen) atoms. The van der Waals surface area contributed by atoms with Gasteiger partial charge in [0.25, 0.3) is 0 Å². The number of amides is 1. The highest BCUT2D eigenvalue weighted by Crippen LogP contribution is 2.33. The third-order valence-electron chi connectivity index (χ3n) is 5.00. The van der Waals surface area contributed by atoms with E-state index in [4.69, 9.17) is 9.72 Å². The second kappa shape index (κ2) is 9.66. The van der Waals surface area contributed by atoms with Crippen LogP contribution in [-0.4, -0.2) is 29.5 Å². The number of ketones is 1. The molecular weight excluding hydrogens is 420 g/mol. The van der Waals surface area contributed by atoms with E-state index in [0.717, 1.165) is 32.8 Å². The highest BCUT2D eigenvalue weighted by Gasteiger charge is 2.11. The lowest BCUT2D eigenvalue weighted by Crippen LogP contribution is -2.14. The fraction of sp³-hybridized carbons (Fsp3) is 0.115. The zero-order chi connectivity index (χ0) is 22.5. The molecule has 3 aromatic carbocycles. The van der Waals surface area contributed by atoms with Crippen molar-refractivity contribution in [3.05, 3.63) is 84.4 Å². The SMILES string of the molecule is COc1ccc2c(-c3ccccc3)cc(SCC(=O)Nc3ccc(C(C)=O)cc3)nc2c1. The number of rotatable bonds is 7. The van der Waals surface area contributed by atoms with Crippen molar-refractivity contribution >= 4 is 40.0 Å². The highest BCUT2D eigenvalue weighted by molar-refractivity contribution is 7.99. The molecule has 1 amide bonds. The number of methoxy groups -OCH3 is 1. The molecule has 1 N–H and O–H groups in total. The fourth-order valence-corrected chi connectivity index (χ4v) is 4.08. The van der Waals surface area contributed by atoms with Gasteiger partial charge in [0.2, 0.25) is 5.91 Å². The maximum Gasteiger partial charge on any atom is 0.234 e. The van der Waals surface area contributed by atoms with Gasteiger partial charge in [-0.2, -0.15) is 0 Å². The van der Waals surface area contributed by atoms with Crippen molar-refractivity contribution in [2.75, 3.05) is 18.2 Å². The lowest BCUT2D eigenvalue weighted by Gasteiger charge is -2.11. The van der Waals surface area contributed by atoms with Crippen molar-refractivity contribution in [2.45, 2.75) is 11.9 Å². The molecule has 6 heteroatoms. The maximum atomic E-state index is 12.5. The highest BCUT2D eigenvalue weighted by atomic mass is 32.2. The normalized spacial score (nSPS) is 10.7. The molecule has 0 spiro atoms. The van der Waals surface area contributed by atoms with E-state index in [1.807, 2.05) is 42.5 Å². The molecule has 0 saturated carbocycles. The van der Waals surface area contributed by atoms with Crippen LogP contribution in [0.1, 0.15) is 17.3 Å². The minimum absolute atomic E-state index is 0.00772. The monoisotopic (exact) mass is 442 g/mol. The Hall–Kier alpha value is -3.64. The van der Waals surface area contributed by atoms with Crippen molar-refractivity contribution in [1.29, 1.82) is 0 Å². The van der Waals surface area contributed by atoms with Crippen LogP contribution in [0.2, 0.25) is 0 Å². The number of nitrogens with zero attached hydrogens (tertiary/aromatic N) is 1. The Kier molecular flexibility index (Phi) is 6.52. The third-order valence-corrected chi connectivity index (χ3v) is 5.92. The van der Waals surface area contributed by atoms with Crippen LogP contribution in [0.5, 0.6) is 5.75 Å². The van der Waals surface area contributed by atoms with Gasteiger partial charge in [0.05, 0.1) is 23.4 Å². The first-order valence-electron chi connectivity index (χ1n) is 10.1. The van der Waals surface area contributed by atoms with Gasteiger partial charge in [-0.25, -0.2) is 4.98 Å². The number of thioether (sulfide) groups is 1. The van der Waals surface area contributed by atoms with E-state index < -0.39 is 0 Å². The van der Waals surface area contributed by atoms with Crippen LogP contribution >= 0.6 is 11.8 Å². The van der Waals surface area contributed by atoms with Gasteiger partial charge in [-0.05, 0) is 60.5 Å². The first-order valence-corrected chi connectivity index (χ1v) is 11.1. The molecule has 0 aliphatic rings. The van der Waals surface area contributed by atoms with Crippen molar-refractivity contribution in [3.63, 3.8) is 0 Å². The van der Waals surface area contributed by atoms with Crippen molar-refractivity contribution < 1.29 is 14.3 Å². The summed E-state index contributed by atoms with van der Waals surface area (Å²) in [6, 6.07) is 24.8. The lowest BCUT2D eigenvalue weighted by atomic mass is 10.0. The third kappa shape index (κ3) is 4.98. The standard InChI is InChI=1S/C26H22N2O3S/c1-17(29)18-8-10-20(11-9-18)27-25(30)16-32-26-15-23(19-6-4-3-5-7-19)22-13-12-21(31-2)14-24(22)28-26/h3-15H,16H2,1-2H3,(H,27,30). The molecule has 5 nitrogen and oxygen atoms in total. The molecule has 0 radical (unpaired) electrons. The number of hydrogen-bond donors (Lipinski definition) is 1. The summed E-state index contributed by atoms with van der Waals surface area (Å²) in [5.74, 6) is 0.800. The summed E-state index contributed by atoms with van der Waals surface area (Å²) in [7, 11) is 1.63. The fourth-order valence-electron chi connectivity index (χ4n) is 3.37. The van der Waals surface area contributed by atoms with Crippen LogP contribution in [0.25, 0.3) is 22.0 Å². The Bertz CT molecular complexity index is 1270. The molecule has 4 aromatic rings. The number of aromatic nitrogens is 1. The predicted octanol–water partition coefficient (Wildman–Crippen LogP) is 5.84. The lowest BCUT2D eigenvalue weighted by molar-refractivity contribution is -0.113. The van der Waals surface area contributed by atoms with Gasteiger partial charge in [-0.1, -0.05) is 42.1 Å². The molecule has 160 valence electrons. The first kappa shape index (κ1) is 21.6. The van der Waals surface area contributed by atoms with Crippen LogP contribution < -0.4 is 10.1 Å². The molecule has 1 aromatic heterocycles. The Morgan fingerprint density at radius 2 is 1.72 bits per heavy atom. The molecule has 0 bridgehead atoms. The van der Waals surface area contributed by atoms with E-state index in [9.17, 15) is 9.59 Å². The average molecular weight is 443 g/mol. The Labute approximate surface area is 190 Å². The van der Waals surface area contributed by atoms with Crippen molar-refractivity contribution in [3.8, 4) is 16.9 Å². The molecule has 1 heterocycles. The van der Waals surface area contributed by atoms with Gasteiger partial charge in [0.15, 0.2) is 5.78 Å². The van der Waals surface area contributed by atoms with Gasteiger partial charge in [0, 0.05) is 22.7 Å². The summed E-state index contributed by atoms with van der Waals surface area (Å²) < 4.78 is 5.36. The van der Waals surface area contributed by atoms with Crippen LogP contribution in [-0.2, 0) is 4.79 Å². The number of hydrogen-bond acceptors (Lipinski definition) is 5. The van der Waals surface area contributed by atoms with E-state index in [1.165, 1.54) is 18.7 Å². The zero-order valence-electron chi connectivity index (χ0n) is 17.8. The van der Waals surface area contributed by atoms with Gasteiger partial charge in [-0.15, -0.1) is 0 Å². The van der Waals surface area contributed by atoms with Gasteiger partial charge >= 0.3 is 0 Å². The summed E-state index contributed by atoms with van der Waals surface area (Å²) in [4.78, 5) is 28.6. The number of anilines is 1. The van der Waals surface area contributed by atoms with Crippen LogP contribution in [0.15, 0.2) is 83.9 Å². The number of carbonyl (C=O) groups is 2. The number of carbonyl (C=O) groups excluding carboxylic acids is 2. The summed E-state index contributed by atoms with van der Waals surface area (Å²) in [5, 5.41) is 4.64. The Balaban J connectivity index is 1.55. The van der Waals surface area contributed by atoms with E-state index in [1.54, 1.807) is 31.4 Å². The van der Waals surface area contributed by atoms with Crippen LogP contribution in [0.4, 0.5) is 5.69 Å². The Morgan fingerprint density at radius 1 is 0.969 bits per heavy atom. The second-order valence-corrected chi connectivity index (χ2v) is 8.22. The van der Waals surface area contributed by atoms with Crippen molar-refractivity contribution in [2.24, 2.45) is 0 Å². The molecule has 0 unspecified atom stereocenters. The minimum Gasteiger partial charge on any atom is -0.497 e. The number of ether oxygens (including phenoxy) is 1. The molecule has 0 atom stereocenters. The quantitative estimate of drug-likeness (QED) is 0.287. The largest absolute Gasteiger partial charge is 0.497 e. The van der Waals surface area contributed by atoms with E-state index >= 15 is 0 Å². The number of nitrogens with one attached hydrogen (secondary N) is 1. The topological polar surface area (TPSA) is 68.3 Å². The number of pyridine rings is 1. The molecule has 0 aliphatic heterocycles. The van der Waals surface area contributed by atoms with Gasteiger partial charge in [0.1, 0.15) is 5.75 Å². The molecule has 0 fully saturated rings. The van der Waals surface area contributed by atoms with Gasteiger partial charge in [-0.3, -0.25) is 9.59 Å². The van der Waals surface area contributed by atoms with E-state index in [0.29, 0.717) is 11.3 Å². The summed E-state index contributed by atoms with van der Waals surface area (Å²) in [5.41, 5.74) is 4.22. The summed E-state index contributed by atoms with van der Waals surface area (Å²) in [6.45, 7) is 1.51. The maximum absolute atomic E-state index is 12.5. The van der Waals surface area contributed by atoms with Crippen molar-refractivity contribution in [1.82, 2.24) is 4.98 Å². The molecule has 4 rings (SSSR count). The summed E-state index contributed by atoms with van der Waals surface area (Å²) in [6.07, 6.45) is 0. The predicted molar refractivity (Wildman–Crippen MR) is 130 cm³/mol. The van der Waals surface area contributed by atoms with E-state index in [-0.39, 0.29) is 17.4 Å². The molecule has 0 saturated heterocycles. The number of Topliss-reactive ketones (excluding diaryl/α,β-unsaturated/α-hetero) is 1. The average Bonchev–Trinajstić information content (AvgIpc) is 2.82. The first-order chi connectivity index (χ1) is 15.5. The Morgan fingerprint density at radius 3 is 2.41 bits per heavy atom. The second-order valence-electron chi connectivity index (χ2n) is 7.23. The van der Waals surface area contributed by atoms with Crippen LogP contribution in [0, 0.1) is 0 Å². The van der Waals surface area contributed by atoms with Gasteiger partial charge < -0.3 is 10.1 Å².